The lowest BCUT2D eigenvalue weighted by Gasteiger charge is -2.20. The van der Waals surface area contributed by atoms with Gasteiger partial charge in [0.1, 0.15) is 0 Å². The monoisotopic (exact) mass is 482 g/mol. The van der Waals surface area contributed by atoms with Crippen molar-refractivity contribution in [1.82, 2.24) is 0 Å². The third-order valence-electron chi connectivity index (χ3n) is 3.90. The van der Waals surface area contributed by atoms with E-state index in [0.29, 0.717) is 23.0 Å². The van der Waals surface area contributed by atoms with Crippen molar-refractivity contribution < 1.29 is 28.4 Å². The van der Waals surface area contributed by atoms with Crippen molar-refractivity contribution in [2.75, 3.05) is 46.5 Å². The van der Waals surface area contributed by atoms with E-state index in [4.69, 9.17) is 28.4 Å². The molecule has 0 fully saturated rings. The van der Waals surface area contributed by atoms with Gasteiger partial charge in [-0.3, -0.25) is 0 Å². The van der Waals surface area contributed by atoms with Gasteiger partial charge in [0, 0.05) is 25.8 Å². The van der Waals surface area contributed by atoms with E-state index in [-0.39, 0.29) is 13.6 Å². The van der Waals surface area contributed by atoms with Gasteiger partial charge in [-0.15, -0.1) is 0 Å². The Labute approximate surface area is 170 Å². The average molecular weight is 482 g/mol. The highest BCUT2D eigenvalue weighted by atomic mass is 127. The minimum atomic E-state index is 0.132. The van der Waals surface area contributed by atoms with Crippen LogP contribution in [-0.4, -0.2) is 46.5 Å². The number of hydrogen-bond donors (Lipinski definition) is 0. The van der Waals surface area contributed by atoms with E-state index in [1.807, 2.05) is 0 Å². The zero-order valence-corrected chi connectivity index (χ0v) is 18.4. The lowest BCUT2D eigenvalue weighted by atomic mass is 10.0. The Morgan fingerprint density at radius 3 is 2.00 bits per heavy atom. The van der Waals surface area contributed by atoms with E-state index in [9.17, 15) is 0 Å². The lowest BCUT2D eigenvalue weighted by molar-refractivity contribution is 0.0444. The highest BCUT2D eigenvalue weighted by molar-refractivity contribution is 14.1. The summed E-state index contributed by atoms with van der Waals surface area (Å²) in [7, 11) is 6.41. The Bertz CT molecular complexity index is 509. The molecule has 0 spiro atoms. The number of benzene rings is 1. The molecule has 26 heavy (non-hydrogen) atoms. The van der Waals surface area contributed by atoms with Crippen molar-refractivity contribution in [3.63, 3.8) is 0 Å². The van der Waals surface area contributed by atoms with Gasteiger partial charge in [0.05, 0.1) is 14.2 Å². The first-order chi connectivity index (χ1) is 12.7. The first-order valence-electron chi connectivity index (χ1n) is 8.80. The van der Waals surface area contributed by atoms with E-state index < -0.39 is 0 Å². The maximum atomic E-state index is 5.79. The lowest BCUT2D eigenvalue weighted by Crippen LogP contribution is -2.08. The van der Waals surface area contributed by atoms with Crippen molar-refractivity contribution in [2.45, 2.75) is 38.5 Å². The van der Waals surface area contributed by atoms with Gasteiger partial charge in [-0.1, -0.05) is 41.9 Å². The number of unbranched alkanes of at least 4 members (excludes halogenated alkanes) is 4. The summed E-state index contributed by atoms with van der Waals surface area (Å²) in [4.78, 5) is 0. The van der Waals surface area contributed by atoms with Crippen LogP contribution in [0.2, 0.25) is 0 Å². The average Bonchev–Trinajstić information content (AvgIpc) is 2.67. The number of methoxy groups -OCH3 is 4. The van der Waals surface area contributed by atoms with E-state index in [0.717, 1.165) is 24.8 Å². The van der Waals surface area contributed by atoms with Gasteiger partial charge < -0.3 is 28.4 Å². The van der Waals surface area contributed by atoms with E-state index in [1.54, 1.807) is 34.5 Å². The second-order valence-corrected chi connectivity index (χ2v) is 6.81. The molecule has 0 amide bonds. The summed E-state index contributed by atoms with van der Waals surface area (Å²) in [6.45, 7) is 0.272. The maximum Gasteiger partial charge on any atom is 0.188 e. The minimum absolute atomic E-state index is 0.132. The minimum Gasteiger partial charge on any atom is -0.493 e. The predicted molar refractivity (Wildman–Crippen MR) is 110 cm³/mol. The van der Waals surface area contributed by atoms with Gasteiger partial charge in [0.2, 0.25) is 0 Å². The first-order valence-corrected chi connectivity index (χ1v) is 10.3. The molecule has 0 aliphatic heterocycles. The molecular weight excluding hydrogens is 451 g/mol. The highest BCUT2D eigenvalue weighted by Crippen LogP contribution is 2.45. The van der Waals surface area contributed by atoms with Crippen LogP contribution in [0.1, 0.15) is 37.7 Å². The Hall–Kier alpha value is -0.930. The molecule has 1 aromatic rings. The smallest absolute Gasteiger partial charge is 0.188 e. The molecule has 0 saturated carbocycles. The Kier molecular flexibility index (Phi) is 12.6. The molecule has 0 radical (unpaired) electrons. The summed E-state index contributed by atoms with van der Waals surface area (Å²) in [5, 5.41) is 0. The molecule has 0 aromatic heterocycles. The van der Waals surface area contributed by atoms with E-state index in [1.165, 1.54) is 23.7 Å². The van der Waals surface area contributed by atoms with Crippen molar-refractivity contribution in [1.29, 1.82) is 0 Å². The molecule has 0 unspecified atom stereocenters. The quantitative estimate of drug-likeness (QED) is 0.158. The largest absolute Gasteiger partial charge is 0.493 e. The summed E-state index contributed by atoms with van der Waals surface area (Å²) >= 11 is 2.42. The second-order valence-electron chi connectivity index (χ2n) is 5.73. The van der Waals surface area contributed by atoms with Crippen molar-refractivity contribution in [3.05, 3.63) is 11.6 Å². The van der Waals surface area contributed by atoms with Crippen LogP contribution < -0.4 is 18.9 Å². The van der Waals surface area contributed by atoms with Gasteiger partial charge >= 0.3 is 0 Å². The molecule has 0 aliphatic carbocycles. The summed E-state index contributed by atoms with van der Waals surface area (Å²) in [5.41, 5.74) is 0.934. The Balaban J connectivity index is 3.04. The summed E-state index contributed by atoms with van der Waals surface area (Å²) in [5.74, 6) is 2.47. The van der Waals surface area contributed by atoms with E-state index in [2.05, 4.69) is 22.6 Å². The molecule has 0 saturated heterocycles. The zero-order valence-electron chi connectivity index (χ0n) is 16.3. The van der Waals surface area contributed by atoms with Gasteiger partial charge in [0.15, 0.2) is 36.6 Å². The molecule has 1 rings (SSSR count). The first kappa shape index (κ1) is 23.1. The summed E-state index contributed by atoms with van der Waals surface area (Å²) in [6, 6.07) is 1.76. The van der Waals surface area contributed by atoms with Crippen LogP contribution in [0.3, 0.4) is 0 Å². The molecule has 1 aromatic carbocycles. The molecule has 0 N–H and O–H groups in total. The van der Waals surface area contributed by atoms with Crippen LogP contribution in [0.15, 0.2) is 6.07 Å². The molecule has 0 atom stereocenters. The zero-order chi connectivity index (χ0) is 19.2. The maximum absolute atomic E-state index is 5.79. The number of alkyl halides is 1. The van der Waals surface area contributed by atoms with Crippen LogP contribution in [0.25, 0.3) is 0 Å². The molecule has 150 valence electrons. The van der Waals surface area contributed by atoms with Gasteiger partial charge in [0.25, 0.3) is 0 Å². The number of ether oxygens (including phenoxy) is 6. The Morgan fingerprint density at radius 2 is 1.38 bits per heavy atom. The highest BCUT2D eigenvalue weighted by Gasteiger charge is 2.22. The fourth-order valence-electron chi connectivity index (χ4n) is 2.69. The van der Waals surface area contributed by atoms with Crippen LogP contribution in [0.5, 0.6) is 23.0 Å². The number of hydrogen-bond acceptors (Lipinski definition) is 6. The van der Waals surface area contributed by atoms with Crippen LogP contribution in [-0.2, 0) is 15.9 Å². The Morgan fingerprint density at radius 1 is 0.731 bits per heavy atom. The van der Waals surface area contributed by atoms with Gasteiger partial charge in [-0.25, -0.2) is 0 Å². The van der Waals surface area contributed by atoms with Gasteiger partial charge in [-0.2, -0.15) is 0 Å². The van der Waals surface area contributed by atoms with Gasteiger partial charge in [-0.05, 0) is 23.7 Å². The van der Waals surface area contributed by atoms with E-state index >= 15 is 0 Å². The molecule has 0 bridgehead atoms. The predicted octanol–water partition coefficient (Wildman–Crippen LogP) is 4.60. The SMILES string of the molecule is COCOc1cc(OC)c(OCOC)c(CCCCCCCI)c1OC. The van der Waals surface area contributed by atoms with Crippen LogP contribution in [0.4, 0.5) is 0 Å². The fourth-order valence-corrected chi connectivity index (χ4v) is 3.22. The van der Waals surface area contributed by atoms with Crippen molar-refractivity contribution in [3.8, 4) is 23.0 Å². The van der Waals surface area contributed by atoms with Crippen LogP contribution in [0, 0.1) is 0 Å². The van der Waals surface area contributed by atoms with Crippen LogP contribution >= 0.6 is 22.6 Å². The molecular formula is C19H31IO6. The van der Waals surface area contributed by atoms with Crippen molar-refractivity contribution >= 4 is 22.6 Å². The molecule has 6 nitrogen and oxygen atoms in total. The normalized spacial score (nSPS) is 10.7. The number of halogens is 1. The topological polar surface area (TPSA) is 55.4 Å². The summed E-state index contributed by atoms with van der Waals surface area (Å²) in [6.07, 6.45) is 6.80. The fraction of sp³-hybridized carbons (Fsp3) is 0.684. The number of rotatable bonds is 15. The molecule has 0 heterocycles. The standard InChI is InChI=1S/C19H31IO6/c1-21-13-25-17-12-16(23-3)19(26-14-22-2)15(18(17)24-4)10-8-6-5-7-9-11-20/h12H,5-11,13-14H2,1-4H3. The second kappa shape index (κ2) is 14.2. The molecule has 7 heteroatoms. The summed E-state index contributed by atoms with van der Waals surface area (Å²) < 4.78 is 33.9. The van der Waals surface area contributed by atoms with Crippen molar-refractivity contribution in [2.24, 2.45) is 0 Å². The third kappa shape index (κ3) is 7.36. The molecule has 0 aliphatic rings. The third-order valence-corrected chi connectivity index (χ3v) is 4.66.